The topological polar surface area (TPSA) is 88.6 Å². The minimum Gasteiger partial charge on any atom is -0.493 e. The molecule has 7 nitrogen and oxygen atoms in total. The molecular weight excluding hydrogens is 312 g/mol. The molecule has 1 aromatic carbocycles. The zero-order chi connectivity index (χ0) is 17.2. The Hall–Kier alpha value is -2.47. The Bertz CT molecular complexity index is 660. The van der Waals surface area contributed by atoms with Gasteiger partial charge in [0.15, 0.2) is 17.6 Å². The Kier molecular flexibility index (Phi) is 4.65. The Morgan fingerprint density at radius 3 is 2.70 bits per heavy atom. The predicted molar refractivity (Wildman–Crippen MR) is 75.8 cm³/mol. The van der Waals surface area contributed by atoms with E-state index in [4.69, 9.17) is 14.7 Å². The lowest BCUT2D eigenvalue weighted by molar-refractivity contribution is -0.385. The van der Waals surface area contributed by atoms with Crippen LogP contribution in [0.4, 0.5) is 14.5 Å². The van der Waals surface area contributed by atoms with Crippen molar-refractivity contribution in [3.05, 3.63) is 27.8 Å². The molecule has 1 aliphatic rings. The van der Waals surface area contributed by atoms with Crippen LogP contribution >= 0.6 is 0 Å². The molecule has 124 valence electrons. The average molecular weight is 327 g/mol. The molecule has 1 saturated heterocycles. The van der Waals surface area contributed by atoms with Crippen LogP contribution in [0.3, 0.4) is 0 Å². The summed E-state index contributed by atoms with van der Waals surface area (Å²) in [5, 5.41) is 19.9. The van der Waals surface area contributed by atoms with Crippen molar-refractivity contribution in [2.75, 3.05) is 27.2 Å². The molecule has 0 N–H and O–H groups in total. The molecule has 0 amide bonds. The van der Waals surface area contributed by atoms with Gasteiger partial charge in [0, 0.05) is 19.0 Å². The number of rotatable bonds is 4. The van der Waals surface area contributed by atoms with Gasteiger partial charge in [0.05, 0.1) is 24.6 Å². The Morgan fingerprint density at radius 2 is 2.17 bits per heavy atom. The van der Waals surface area contributed by atoms with E-state index >= 15 is 0 Å². The van der Waals surface area contributed by atoms with E-state index < -0.39 is 29.2 Å². The fraction of sp³-hybridized carbons (Fsp3) is 0.500. The summed E-state index contributed by atoms with van der Waals surface area (Å²) in [6, 6.07) is 3.72. The number of nitriles is 1. The predicted octanol–water partition coefficient (Wildman–Crippen LogP) is 2.19. The minimum absolute atomic E-state index is 0.0644. The third-order valence-electron chi connectivity index (χ3n) is 3.59. The molecule has 0 saturated carbocycles. The molecule has 23 heavy (non-hydrogen) atoms. The molecule has 9 heteroatoms. The molecule has 1 aliphatic heterocycles. The van der Waals surface area contributed by atoms with Gasteiger partial charge in [-0.05, 0) is 7.05 Å². The number of hydrogen-bond acceptors (Lipinski definition) is 6. The van der Waals surface area contributed by atoms with E-state index in [2.05, 4.69) is 0 Å². The summed E-state index contributed by atoms with van der Waals surface area (Å²) in [7, 11) is 2.83. The van der Waals surface area contributed by atoms with Crippen molar-refractivity contribution < 1.29 is 23.2 Å². The first-order chi connectivity index (χ1) is 10.8. The second-order valence-electron chi connectivity index (χ2n) is 5.28. The summed E-state index contributed by atoms with van der Waals surface area (Å²) in [5.74, 6) is -3.25. The summed E-state index contributed by atoms with van der Waals surface area (Å²) in [6.07, 6.45) is -1.30. The molecule has 2 rings (SSSR count). The van der Waals surface area contributed by atoms with Gasteiger partial charge in [-0.15, -0.1) is 0 Å². The normalized spacial score (nSPS) is 20.6. The molecule has 1 aromatic rings. The summed E-state index contributed by atoms with van der Waals surface area (Å²) in [5.41, 5.74) is -0.742. The van der Waals surface area contributed by atoms with Crippen LogP contribution < -0.4 is 9.47 Å². The number of alkyl halides is 2. The van der Waals surface area contributed by atoms with Crippen molar-refractivity contribution in [2.24, 2.45) is 0 Å². The fourth-order valence-corrected chi connectivity index (χ4v) is 2.43. The maximum atomic E-state index is 14.0. The molecule has 0 aliphatic carbocycles. The van der Waals surface area contributed by atoms with Crippen LogP contribution in [0.15, 0.2) is 12.1 Å². The SMILES string of the molecule is COc1cc([N+](=O)[O-])c(C#N)cc1OC1CCN(C)CC1(F)F. The number of methoxy groups -OCH3 is 1. The monoisotopic (exact) mass is 327 g/mol. The maximum absolute atomic E-state index is 14.0. The van der Waals surface area contributed by atoms with Gasteiger partial charge in [-0.3, -0.25) is 10.1 Å². The summed E-state index contributed by atoms with van der Waals surface area (Å²) < 4.78 is 38.4. The first-order valence-corrected chi connectivity index (χ1v) is 6.78. The highest BCUT2D eigenvalue weighted by Gasteiger charge is 2.45. The van der Waals surface area contributed by atoms with Crippen molar-refractivity contribution in [2.45, 2.75) is 18.4 Å². The lowest BCUT2D eigenvalue weighted by Gasteiger charge is -2.36. The second kappa shape index (κ2) is 6.34. The Balaban J connectivity index is 2.36. The number of benzene rings is 1. The first kappa shape index (κ1) is 16.9. The summed E-state index contributed by atoms with van der Waals surface area (Å²) >= 11 is 0. The molecule has 1 unspecified atom stereocenters. The Labute approximate surface area is 131 Å². The minimum atomic E-state index is -3.08. The first-order valence-electron chi connectivity index (χ1n) is 6.78. The number of nitro benzene ring substituents is 1. The number of nitro groups is 1. The van der Waals surface area contributed by atoms with E-state index in [0.29, 0.717) is 6.54 Å². The molecular formula is C14H15F2N3O4. The number of ether oxygens (including phenoxy) is 2. The van der Waals surface area contributed by atoms with Crippen molar-refractivity contribution >= 4 is 5.69 Å². The average Bonchev–Trinajstić information content (AvgIpc) is 2.48. The molecule has 1 atom stereocenters. The molecule has 0 spiro atoms. The highest BCUT2D eigenvalue weighted by atomic mass is 19.3. The third kappa shape index (κ3) is 3.48. The van der Waals surface area contributed by atoms with E-state index in [1.807, 2.05) is 0 Å². The smallest absolute Gasteiger partial charge is 0.296 e. The Morgan fingerprint density at radius 1 is 1.48 bits per heavy atom. The molecule has 1 fully saturated rings. The third-order valence-corrected chi connectivity index (χ3v) is 3.59. The van der Waals surface area contributed by atoms with Gasteiger partial charge in [-0.2, -0.15) is 5.26 Å². The van der Waals surface area contributed by atoms with Crippen molar-refractivity contribution in [1.29, 1.82) is 5.26 Å². The van der Waals surface area contributed by atoms with Gasteiger partial charge in [0.2, 0.25) is 0 Å². The van der Waals surface area contributed by atoms with Gasteiger partial charge in [0.1, 0.15) is 11.6 Å². The number of likely N-dealkylation sites (tertiary alicyclic amines) is 1. The number of hydrogen-bond donors (Lipinski definition) is 0. The van der Waals surface area contributed by atoms with Gasteiger partial charge in [0.25, 0.3) is 11.6 Å². The van der Waals surface area contributed by atoms with Crippen LogP contribution in [0, 0.1) is 21.4 Å². The summed E-state index contributed by atoms with van der Waals surface area (Å²) in [4.78, 5) is 11.7. The van der Waals surface area contributed by atoms with Crippen LogP contribution in [0.5, 0.6) is 11.5 Å². The van der Waals surface area contributed by atoms with Crippen molar-refractivity contribution in [1.82, 2.24) is 4.90 Å². The van der Waals surface area contributed by atoms with E-state index in [1.54, 1.807) is 13.1 Å². The van der Waals surface area contributed by atoms with Crippen LogP contribution in [-0.4, -0.2) is 49.1 Å². The number of halogens is 2. The zero-order valence-corrected chi connectivity index (χ0v) is 12.6. The van der Waals surface area contributed by atoms with Crippen LogP contribution in [-0.2, 0) is 0 Å². The van der Waals surface area contributed by atoms with Crippen LogP contribution in [0.25, 0.3) is 0 Å². The van der Waals surface area contributed by atoms with E-state index in [0.717, 1.165) is 12.1 Å². The second-order valence-corrected chi connectivity index (χ2v) is 5.28. The molecule has 1 heterocycles. The van der Waals surface area contributed by atoms with Crippen molar-refractivity contribution in [3.8, 4) is 17.6 Å². The highest BCUT2D eigenvalue weighted by molar-refractivity contribution is 5.58. The van der Waals surface area contributed by atoms with Crippen LogP contribution in [0.1, 0.15) is 12.0 Å². The van der Waals surface area contributed by atoms with Crippen LogP contribution in [0.2, 0.25) is 0 Å². The van der Waals surface area contributed by atoms with E-state index in [9.17, 15) is 18.9 Å². The standard InChI is InChI=1S/C14H15F2N3O4/c1-18-4-3-13(14(15,16)8-18)23-12-5-9(7-17)10(19(20)21)6-11(12)22-2/h5-6,13H,3-4,8H2,1-2H3. The van der Waals surface area contributed by atoms with E-state index in [1.165, 1.54) is 12.0 Å². The van der Waals surface area contributed by atoms with Gasteiger partial charge in [-0.1, -0.05) is 0 Å². The fourth-order valence-electron chi connectivity index (χ4n) is 2.43. The quantitative estimate of drug-likeness (QED) is 0.622. The number of piperidine rings is 1. The number of nitrogens with zero attached hydrogens (tertiary/aromatic N) is 3. The highest BCUT2D eigenvalue weighted by Crippen LogP contribution is 2.38. The van der Waals surface area contributed by atoms with Crippen molar-refractivity contribution in [3.63, 3.8) is 0 Å². The van der Waals surface area contributed by atoms with E-state index in [-0.39, 0.29) is 23.5 Å². The maximum Gasteiger partial charge on any atom is 0.296 e. The zero-order valence-electron chi connectivity index (χ0n) is 12.6. The van der Waals surface area contributed by atoms with Gasteiger partial charge >= 0.3 is 0 Å². The molecule has 0 bridgehead atoms. The largest absolute Gasteiger partial charge is 0.493 e. The van der Waals surface area contributed by atoms with Gasteiger partial charge < -0.3 is 14.4 Å². The molecule has 0 aromatic heterocycles. The van der Waals surface area contributed by atoms with Gasteiger partial charge in [-0.25, -0.2) is 8.78 Å². The lowest BCUT2D eigenvalue weighted by atomic mass is 10.0. The lowest BCUT2D eigenvalue weighted by Crippen LogP contribution is -2.52. The molecule has 0 radical (unpaired) electrons. The summed E-state index contributed by atoms with van der Waals surface area (Å²) in [6.45, 7) is -0.0151.